The number of benzene rings is 2. The third-order valence-corrected chi connectivity index (χ3v) is 6.97. The van der Waals surface area contributed by atoms with E-state index >= 15 is 0 Å². The number of fused-ring (bicyclic) bond motifs is 3. The quantitative estimate of drug-likeness (QED) is 0.436. The van der Waals surface area contributed by atoms with E-state index in [0.29, 0.717) is 24.2 Å². The summed E-state index contributed by atoms with van der Waals surface area (Å²) in [5.74, 6) is 0.189. The maximum absolute atomic E-state index is 13.4. The monoisotopic (exact) mass is 434 g/mol. The van der Waals surface area contributed by atoms with Gasteiger partial charge in [-0.15, -0.1) is 0 Å². The highest BCUT2D eigenvalue weighted by Gasteiger charge is 2.41. The van der Waals surface area contributed by atoms with Crippen molar-refractivity contribution in [2.45, 2.75) is 18.4 Å². The van der Waals surface area contributed by atoms with Gasteiger partial charge in [-0.3, -0.25) is 14.9 Å². The number of likely N-dealkylation sites (N-methyl/N-ethyl adjacent to an activating group) is 1. The van der Waals surface area contributed by atoms with Crippen LogP contribution < -0.4 is 5.32 Å². The van der Waals surface area contributed by atoms with Crippen molar-refractivity contribution in [1.29, 1.82) is 0 Å². The largest absolute Gasteiger partial charge is 0.508 e. The van der Waals surface area contributed by atoms with E-state index in [1.54, 1.807) is 0 Å². The highest BCUT2D eigenvalue weighted by molar-refractivity contribution is 6.01. The Morgan fingerprint density at radius 1 is 1.16 bits per heavy atom. The maximum Gasteiger partial charge on any atom is 0.270 e. The normalized spacial score (nSPS) is 24.5. The molecule has 166 valence electrons. The molecule has 3 unspecified atom stereocenters. The average molecular weight is 434 g/mol. The van der Waals surface area contributed by atoms with Crippen LogP contribution in [0.1, 0.15) is 39.9 Å². The molecule has 2 aliphatic heterocycles. The van der Waals surface area contributed by atoms with Crippen LogP contribution in [0.4, 0.5) is 11.4 Å². The second kappa shape index (κ2) is 7.94. The predicted molar refractivity (Wildman–Crippen MR) is 121 cm³/mol. The summed E-state index contributed by atoms with van der Waals surface area (Å²) in [7, 11) is 2.05. The summed E-state index contributed by atoms with van der Waals surface area (Å²) in [6.45, 7) is 3.04. The summed E-state index contributed by atoms with van der Waals surface area (Å²) >= 11 is 0. The molecule has 1 amide bonds. The number of nitro groups is 1. The third-order valence-electron chi connectivity index (χ3n) is 6.97. The number of para-hydroxylation sites is 1. The molecule has 8 nitrogen and oxygen atoms in total. The number of piperazine rings is 1. The molecule has 2 heterocycles. The molecular weight excluding hydrogens is 408 g/mol. The lowest BCUT2D eigenvalue weighted by Crippen LogP contribution is -2.47. The molecule has 2 N–H and O–H groups in total. The van der Waals surface area contributed by atoms with Crippen molar-refractivity contribution in [3.05, 3.63) is 75.4 Å². The van der Waals surface area contributed by atoms with Crippen molar-refractivity contribution in [3.8, 4) is 5.75 Å². The van der Waals surface area contributed by atoms with Gasteiger partial charge in [-0.2, -0.15) is 0 Å². The number of nitrogens with zero attached hydrogens (tertiary/aromatic N) is 3. The molecule has 0 bridgehead atoms. The van der Waals surface area contributed by atoms with Gasteiger partial charge in [-0.25, -0.2) is 0 Å². The lowest BCUT2D eigenvalue weighted by molar-refractivity contribution is -0.385. The highest BCUT2D eigenvalue weighted by Crippen LogP contribution is 2.52. The molecule has 5 rings (SSSR count). The van der Waals surface area contributed by atoms with E-state index in [1.165, 1.54) is 18.2 Å². The first-order chi connectivity index (χ1) is 15.4. The number of non-ortho nitro benzene ring substituents is 1. The van der Waals surface area contributed by atoms with Gasteiger partial charge >= 0.3 is 0 Å². The van der Waals surface area contributed by atoms with Crippen LogP contribution in [0.15, 0.2) is 48.6 Å². The molecule has 0 aromatic heterocycles. The number of hydrogen-bond acceptors (Lipinski definition) is 6. The van der Waals surface area contributed by atoms with Crippen LogP contribution in [-0.2, 0) is 0 Å². The van der Waals surface area contributed by atoms with Crippen molar-refractivity contribution in [1.82, 2.24) is 9.80 Å². The van der Waals surface area contributed by atoms with E-state index in [4.69, 9.17) is 0 Å². The number of nitro benzene ring substituents is 1. The summed E-state index contributed by atoms with van der Waals surface area (Å²) in [6, 6.07) is 9.60. The average Bonchev–Trinajstić information content (AvgIpc) is 3.29. The van der Waals surface area contributed by atoms with E-state index < -0.39 is 4.92 Å². The molecule has 0 spiro atoms. The van der Waals surface area contributed by atoms with Gasteiger partial charge in [0.05, 0.1) is 22.2 Å². The topological polar surface area (TPSA) is 99.0 Å². The fourth-order valence-corrected chi connectivity index (χ4v) is 5.19. The molecule has 1 aliphatic carbocycles. The van der Waals surface area contributed by atoms with Crippen LogP contribution in [0.25, 0.3) is 0 Å². The summed E-state index contributed by atoms with van der Waals surface area (Å²) < 4.78 is 0. The first-order valence-electron chi connectivity index (χ1n) is 11.0. The number of aromatic hydroxyl groups is 1. The molecule has 1 saturated heterocycles. The fraction of sp³-hybridized carbons (Fsp3) is 0.375. The highest BCUT2D eigenvalue weighted by atomic mass is 16.6. The van der Waals surface area contributed by atoms with Gasteiger partial charge in [-0.05, 0) is 37.1 Å². The summed E-state index contributed by atoms with van der Waals surface area (Å²) in [6.07, 6.45) is 5.05. The van der Waals surface area contributed by atoms with Gasteiger partial charge < -0.3 is 20.2 Å². The molecule has 2 aromatic rings. The number of phenols is 1. The third kappa shape index (κ3) is 3.40. The second-order valence-corrected chi connectivity index (χ2v) is 8.84. The Morgan fingerprint density at radius 3 is 2.69 bits per heavy atom. The molecule has 2 aromatic carbocycles. The Labute approximate surface area is 186 Å². The summed E-state index contributed by atoms with van der Waals surface area (Å²) in [5.41, 5.74) is 2.87. The number of hydrogen-bond donors (Lipinski definition) is 2. The molecule has 0 radical (unpaired) electrons. The lowest BCUT2D eigenvalue weighted by atomic mass is 9.76. The van der Waals surface area contributed by atoms with Gasteiger partial charge in [0.2, 0.25) is 0 Å². The van der Waals surface area contributed by atoms with E-state index in [-0.39, 0.29) is 35.2 Å². The number of allylic oxidation sites excluding steroid dienone is 2. The van der Waals surface area contributed by atoms with Gasteiger partial charge in [0.15, 0.2) is 0 Å². The van der Waals surface area contributed by atoms with Crippen LogP contribution in [0.3, 0.4) is 0 Å². The predicted octanol–water partition coefficient (Wildman–Crippen LogP) is 3.51. The Balaban J connectivity index is 1.55. The van der Waals surface area contributed by atoms with E-state index in [1.807, 2.05) is 23.1 Å². The molecule has 3 atom stereocenters. The van der Waals surface area contributed by atoms with E-state index in [2.05, 4.69) is 29.4 Å². The Hall–Kier alpha value is -3.39. The van der Waals surface area contributed by atoms with Crippen LogP contribution in [0, 0.1) is 16.0 Å². The number of rotatable bonds is 3. The first kappa shape index (κ1) is 20.5. The van der Waals surface area contributed by atoms with Gasteiger partial charge in [0.1, 0.15) is 5.75 Å². The zero-order valence-electron chi connectivity index (χ0n) is 17.9. The molecular formula is C24H26N4O4. The number of anilines is 1. The van der Waals surface area contributed by atoms with E-state index in [0.717, 1.165) is 30.8 Å². The molecule has 8 heteroatoms. The standard InChI is InChI=1S/C24H26N4O4/c1-26-10-12-27(13-11-26)24(30)19-7-3-6-17-16-4-2-5-18(16)23(25-22(17)19)20-14-15(28(31)32)8-9-21(20)29/h2-4,6-9,14,16,18,23,25,29H,5,10-13H2,1H3. The van der Waals surface area contributed by atoms with Crippen molar-refractivity contribution in [2.24, 2.45) is 5.92 Å². The molecule has 0 saturated carbocycles. The van der Waals surface area contributed by atoms with Crippen molar-refractivity contribution in [2.75, 3.05) is 38.5 Å². The van der Waals surface area contributed by atoms with Gasteiger partial charge in [0, 0.05) is 49.8 Å². The number of phenolic OH excluding ortho intramolecular Hbond substituents is 1. The molecule has 1 fully saturated rings. The zero-order valence-corrected chi connectivity index (χ0v) is 17.9. The fourth-order valence-electron chi connectivity index (χ4n) is 5.19. The van der Waals surface area contributed by atoms with Crippen LogP contribution in [0.2, 0.25) is 0 Å². The number of carbonyl (C=O) groups excluding carboxylic acids is 1. The second-order valence-electron chi connectivity index (χ2n) is 8.84. The minimum atomic E-state index is -0.452. The Bertz CT molecular complexity index is 1110. The minimum Gasteiger partial charge on any atom is -0.508 e. The number of amides is 1. The molecule has 3 aliphatic rings. The van der Waals surface area contributed by atoms with Gasteiger partial charge in [0.25, 0.3) is 11.6 Å². The SMILES string of the molecule is CN1CCN(C(=O)c2cccc3c2NC(c2cc([N+](=O)[O-])ccc2O)C2CC=CC32)CC1. The summed E-state index contributed by atoms with van der Waals surface area (Å²) in [5, 5.41) is 25.4. The number of nitrogens with one attached hydrogen (secondary N) is 1. The van der Waals surface area contributed by atoms with Crippen LogP contribution in [0.5, 0.6) is 5.75 Å². The smallest absolute Gasteiger partial charge is 0.270 e. The van der Waals surface area contributed by atoms with E-state index in [9.17, 15) is 20.0 Å². The van der Waals surface area contributed by atoms with Crippen molar-refractivity contribution in [3.63, 3.8) is 0 Å². The number of carbonyl (C=O) groups is 1. The lowest BCUT2D eigenvalue weighted by Gasteiger charge is -2.39. The minimum absolute atomic E-state index is 0.00936. The maximum atomic E-state index is 13.4. The van der Waals surface area contributed by atoms with Crippen LogP contribution >= 0.6 is 0 Å². The summed E-state index contributed by atoms with van der Waals surface area (Å²) in [4.78, 5) is 28.4. The Morgan fingerprint density at radius 2 is 1.94 bits per heavy atom. The first-order valence-corrected chi connectivity index (χ1v) is 11.0. The zero-order chi connectivity index (χ0) is 22.4. The Kier molecular flexibility index (Phi) is 5.09. The van der Waals surface area contributed by atoms with Crippen molar-refractivity contribution < 1.29 is 14.8 Å². The molecule has 32 heavy (non-hydrogen) atoms. The van der Waals surface area contributed by atoms with Gasteiger partial charge in [-0.1, -0.05) is 24.3 Å². The van der Waals surface area contributed by atoms with Crippen molar-refractivity contribution >= 4 is 17.3 Å². The van der Waals surface area contributed by atoms with Crippen LogP contribution in [-0.4, -0.2) is 59.0 Å².